The van der Waals surface area contributed by atoms with Gasteiger partial charge in [-0.05, 0) is 68.7 Å². The molecule has 0 radical (unpaired) electrons. The second-order valence-corrected chi connectivity index (χ2v) is 9.18. The van der Waals surface area contributed by atoms with Crippen LogP contribution in [0, 0.1) is 0 Å². The maximum atomic E-state index is 12.4. The van der Waals surface area contributed by atoms with E-state index >= 15 is 0 Å². The molecule has 0 aromatic heterocycles. The quantitative estimate of drug-likeness (QED) is 0.201. The molecule has 0 amide bonds. The van der Waals surface area contributed by atoms with Crippen LogP contribution in [0.2, 0.25) is 0 Å². The van der Waals surface area contributed by atoms with Crippen molar-refractivity contribution in [2.75, 3.05) is 6.61 Å². The Kier molecular flexibility index (Phi) is 13.9. The molecule has 1 aliphatic rings. The summed E-state index contributed by atoms with van der Waals surface area (Å²) in [4.78, 5) is 12.4. The van der Waals surface area contributed by atoms with Crippen LogP contribution in [0.25, 0.3) is 5.57 Å². The number of hydrogen-bond donors (Lipinski definition) is 0. The van der Waals surface area contributed by atoms with Gasteiger partial charge >= 0.3 is 5.97 Å². The number of carbonyl (C=O) groups excluding carboxylic acids is 1. The summed E-state index contributed by atoms with van der Waals surface area (Å²) >= 11 is 0. The molecule has 2 rings (SSSR count). The van der Waals surface area contributed by atoms with Crippen molar-refractivity contribution in [2.45, 2.75) is 123 Å². The molecular weight excluding hydrogens is 396 g/mol. The molecule has 0 saturated heterocycles. The lowest BCUT2D eigenvalue weighted by Crippen LogP contribution is -2.29. The van der Waals surface area contributed by atoms with Crippen molar-refractivity contribution >= 4 is 11.5 Å². The normalized spacial score (nSPS) is 17.0. The summed E-state index contributed by atoms with van der Waals surface area (Å²) in [7, 11) is 0. The predicted molar refractivity (Wildman–Crippen MR) is 135 cm³/mol. The third kappa shape index (κ3) is 10.7. The Morgan fingerprint density at radius 3 is 2.19 bits per heavy atom. The van der Waals surface area contributed by atoms with Gasteiger partial charge in [-0.1, -0.05) is 89.3 Å². The summed E-state index contributed by atoms with van der Waals surface area (Å²) in [5.41, 5.74) is 2.73. The average Bonchev–Trinajstić information content (AvgIpc) is 2.78. The minimum atomic E-state index is -0.508. The van der Waals surface area contributed by atoms with E-state index in [1.807, 2.05) is 19.1 Å². The van der Waals surface area contributed by atoms with Gasteiger partial charge in [0.1, 0.15) is 5.75 Å². The summed E-state index contributed by atoms with van der Waals surface area (Å²) in [6, 6.07) is 8.31. The number of benzene rings is 1. The first-order valence-electron chi connectivity index (χ1n) is 13.4. The van der Waals surface area contributed by atoms with E-state index in [1.54, 1.807) is 0 Å². The lowest BCUT2D eigenvalue weighted by Gasteiger charge is -2.18. The third-order valence-electron chi connectivity index (χ3n) is 6.41. The molecule has 0 aliphatic heterocycles. The van der Waals surface area contributed by atoms with E-state index in [0.29, 0.717) is 6.61 Å². The Morgan fingerprint density at radius 1 is 0.844 bits per heavy atom. The third-order valence-corrected chi connectivity index (χ3v) is 6.41. The largest absolute Gasteiger partial charge is 0.479 e. The highest BCUT2D eigenvalue weighted by atomic mass is 16.6. The Morgan fingerprint density at radius 2 is 1.50 bits per heavy atom. The molecule has 0 fully saturated rings. The van der Waals surface area contributed by atoms with Gasteiger partial charge in [0.2, 0.25) is 0 Å². The first kappa shape index (κ1) is 26.5. The van der Waals surface area contributed by atoms with Crippen LogP contribution in [0.1, 0.15) is 122 Å². The van der Waals surface area contributed by atoms with Crippen LogP contribution >= 0.6 is 0 Å². The van der Waals surface area contributed by atoms with Crippen LogP contribution in [-0.4, -0.2) is 18.7 Å². The van der Waals surface area contributed by atoms with Gasteiger partial charge in [0.25, 0.3) is 0 Å². The fourth-order valence-corrected chi connectivity index (χ4v) is 4.47. The Balaban J connectivity index is 1.81. The molecule has 32 heavy (non-hydrogen) atoms. The van der Waals surface area contributed by atoms with Crippen LogP contribution in [-0.2, 0) is 9.53 Å². The number of ether oxygens (including phenoxy) is 2. The summed E-state index contributed by atoms with van der Waals surface area (Å²) in [5, 5.41) is 0. The number of carbonyl (C=O) groups is 1. The molecule has 1 unspecified atom stereocenters. The van der Waals surface area contributed by atoms with E-state index in [9.17, 15) is 4.79 Å². The highest BCUT2D eigenvalue weighted by Gasteiger charge is 2.21. The van der Waals surface area contributed by atoms with Gasteiger partial charge in [0.05, 0.1) is 6.61 Å². The Labute approximate surface area is 197 Å². The van der Waals surface area contributed by atoms with Crippen molar-refractivity contribution in [1.82, 2.24) is 0 Å². The fourth-order valence-electron chi connectivity index (χ4n) is 4.47. The van der Waals surface area contributed by atoms with E-state index in [2.05, 4.69) is 25.1 Å². The van der Waals surface area contributed by atoms with Gasteiger partial charge in [0, 0.05) is 0 Å². The first-order chi connectivity index (χ1) is 15.7. The van der Waals surface area contributed by atoms with E-state index in [1.165, 1.54) is 88.2 Å². The standard InChI is InChI=1S/C29H46O3/c1-3-5-6-7-8-9-10-14-17-20-28(29(30)31-4-2)32-27-23-21-26(22-24-27)25-18-15-12-11-13-16-19-25/h18,21-24,28H,3-17,19-20H2,1-2H3/b25-18+. The number of allylic oxidation sites excluding steroid dienone is 2. The molecule has 0 spiro atoms. The van der Waals surface area contributed by atoms with Crippen molar-refractivity contribution < 1.29 is 14.3 Å². The van der Waals surface area contributed by atoms with Gasteiger partial charge in [0.15, 0.2) is 6.10 Å². The monoisotopic (exact) mass is 442 g/mol. The molecule has 3 nitrogen and oxygen atoms in total. The number of esters is 1. The molecule has 0 N–H and O–H groups in total. The van der Waals surface area contributed by atoms with Gasteiger partial charge in [-0.3, -0.25) is 0 Å². The summed E-state index contributed by atoms with van der Waals surface area (Å²) in [6.45, 7) is 4.50. The molecule has 0 bridgehead atoms. The fraction of sp³-hybridized carbons (Fsp3) is 0.690. The minimum Gasteiger partial charge on any atom is -0.479 e. The van der Waals surface area contributed by atoms with E-state index < -0.39 is 6.10 Å². The summed E-state index contributed by atoms with van der Waals surface area (Å²) in [5.74, 6) is 0.521. The van der Waals surface area contributed by atoms with E-state index in [-0.39, 0.29) is 5.97 Å². The van der Waals surface area contributed by atoms with Crippen LogP contribution < -0.4 is 4.74 Å². The SMILES string of the molecule is CCCCCCCCCCCC(Oc1ccc(/C2=C/CCCCCC2)cc1)C(=O)OCC. The van der Waals surface area contributed by atoms with E-state index in [4.69, 9.17) is 9.47 Å². The van der Waals surface area contributed by atoms with Crippen molar-refractivity contribution in [3.8, 4) is 5.75 Å². The molecule has 180 valence electrons. The van der Waals surface area contributed by atoms with Crippen molar-refractivity contribution in [3.05, 3.63) is 35.9 Å². The van der Waals surface area contributed by atoms with Gasteiger partial charge in [-0.25, -0.2) is 4.79 Å². The molecular formula is C29H46O3. The summed E-state index contributed by atoms with van der Waals surface area (Å²) in [6.07, 6.45) is 21.6. The zero-order valence-corrected chi connectivity index (χ0v) is 20.7. The van der Waals surface area contributed by atoms with Crippen molar-refractivity contribution in [3.63, 3.8) is 0 Å². The van der Waals surface area contributed by atoms with Crippen LogP contribution in [0.4, 0.5) is 0 Å². The molecule has 1 aliphatic carbocycles. The lowest BCUT2D eigenvalue weighted by atomic mass is 9.95. The molecule has 1 atom stereocenters. The second-order valence-electron chi connectivity index (χ2n) is 9.18. The molecule has 3 heteroatoms. The Hall–Kier alpha value is -1.77. The van der Waals surface area contributed by atoms with Crippen LogP contribution in [0.3, 0.4) is 0 Å². The van der Waals surface area contributed by atoms with Gasteiger partial charge < -0.3 is 9.47 Å². The van der Waals surface area contributed by atoms with Gasteiger partial charge in [-0.15, -0.1) is 0 Å². The zero-order chi connectivity index (χ0) is 22.9. The lowest BCUT2D eigenvalue weighted by molar-refractivity contribution is -0.151. The minimum absolute atomic E-state index is 0.237. The average molecular weight is 443 g/mol. The van der Waals surface area contributed by atoms with Crippen LogP contribution in [0.5, 0.6) is 5.75 Å². The van der Waals surface area contributed by atoms with Crippen molar-refractivity contribution in [1.29, 1.82) is 0 Å². The van der Waals surface area contributed by atoms with E-state index in [0.717, 1.165) is 31.4 Å². The molecule has 1 aromatic rings. The van der Waals surface area contributed by atoms with Crippen LogP contribution in [0.15, 0.2) is 30.3 Å². The number of unbranched alkanes of at least 4 members (excludes halogenated alkanes) is 8. The molecule has 0 saturated carbocycles. The topological polar surface area (TPSA) is 35.5 Å². The summed E-state index contributed by atoms with van der Waals surface area (Å²) < 4.78 is 11.4. The highest BCUT2D eigenvalue weighted by Crippen LogP contribution is 2.27. The predicted octanol–water partition coefficient (Wildman–Crippen LogP) is 8.66. The highest BCUT2D eigenvalue weighted by molar-refractivity contribution is 5.75. The first-order valence-corrected chi connectivity index (χ1v) is 13.4. The smallest absolute Gasteiger partial charge is 0.347 e. The second kappa shape index (κ2) is 16.8. The van der Waals surface area contributed by atoms with Crippen molar-refractivity contribution in [2.24, 2.45) is 0 Å². The number of hydrogen-bond acceptors (Lipinski definition) is 3. The maximum absolute atomic E-state index is 12.4. The number of rotatable bonds is 15. The maximum Gasteiger partial charge on any atom is 0.347 e. The molecule has 0 heterocycles. The van der Waals surface area contributed by atoms with Gasteiger partial charge in [-0.2, -0.15) is 0 Å². The molecule has 1 aromatic carbocycles. The zero-order valence-electron chi connectivity index (χ0n) is 20.7. The Bertz CT molecular complexity index is 647.